The summed E-state index contributed by atoms with van der Waals surface area (Å²) in [4.78, 5) is 26.1. The van der Waals surface area contributed by atoms with Crippen molar-refractivity contribution in [3.8, 4) is 0 Å². The molecule has 3 unspecified atom stereocenters. The summed E-state index contributed by atoms with van der Waals surface area (Å²) in [6.45, 7) is 6.40. The van der Waals surface area contributed by atoms with Crippen molar-refractivity contribution in [3.05, 3.63) is 66.3 Å². The van der Waals surface area contributed by atoms with Gasteiger partial charge >= 0.3 is 0 Å². The molecule has 0 saturated heterocycles. The Labute approximate surface area is 153 Å². The molecule has 25 heavy (non-hydrogen) atoms. The molecule has 0 N–H and O–H groups in total. The first kappa shape index (κ1) is 17.7. The van der Waals surface area contributed by atoms with Crippen molar-refractivity contribution in [2.75, 3.05) is 11.4 Å². The number of alkyl halides is 1. The average molecular weight is 356 g/mol. The van der Waals surface area contributed by atoms with E-state index in [0.29, 0.717) is 23.9 Å². The Kier molecular flexibility index (Phi) is 5.24. The van der Waals surface area contributed by atoms with Crippen molar-refractivity contribution in [2.24, 2.45) is 11.8 Å². The van der Waals surface area contributed by atoms with Crippen molar-refractivity contribution < 1.29 is 9.59 Å². The highest BCUT2D eigenvalue weighted by Crippen LogP contribution is 2.47. The molecule has 3 atom stereocenters. The number of Topliss-reactive ketones (excluding diaryl/α,β-unsaturated/α-hetero) is 1. The van der Waals surface area contributed by atoms with Gasteiger partial charge in [-0.2, -0.15) is 0 Å². The van der Waals surface area contributed by atoms with Gasteiger partial charge in [-0.3, -0.25) is 9.59 Å². The number of amides is 1. The number of nitrogens with zero attached hydrogens (tertiary/aromatic N) is 1. The second-order valence-electron chi connectivity index (χ2n) is 6.52. The van der Waals surface area contributed by atoms with Gasteiger partial charge in [-0.05, 0) is 42.4 Å². The predicted molar refractivity (Wildman–Crippen MR) is 102 cm³/mol. The molecule has 0 bridgehead atoms. The summed E-state index contributed by atoms with van der Waals surface area (Å²) in [5, 5.41) is -0.200. The summed E-state index contributed by atoms with van der Waals surface area (Å²) in [7, 11) is 0. The zero-order chi connectivity index (χ0) is 18.0. The average Bonchev–Trinajstić information content (AvgIpc) is 3.36. The van der Waals surface area contributed by atoms with Crippen LogP contribution < -0.4 is 4.90 Å². The highest BCUT2D eigenvalue weighted by Gasteiger charge is 2.44. The first-order valence-electron chi connectivity index (χ1n) is 8.66. The maximum atomic E-state index is 12.3. The molecular formula is C21H22ClNO2. The standard InChI is InChI=1S/C21H22ClNO2/c1-3-5-8-14(11-16(22)4-2)18-12-15(18)13-23-19-10-7-6-9-17(19)20(24)21(23)25/h4-11,15-16,18H,2-3,12-13H2,1H3/b8-5-,14-11+. The SMILES string of the molecule is C=CC(Cl)/C=C(\C=C/CC)C1CC1CN1C(=O)C(=O)c2ccccc21. The maximum Gasteiger partial charge on any atom is 0.299 e. The Morgan fingerprint density at radius 2 is 2.16 bits per heavy atom. The van der Waals surface area contributed by atoms with Gasteiger partial charge in [0.1, 0.15) is 0 Å². The minimum Gasteiger partial charge on any atom is -0.304 e. The van der Waals surface area contributed by atoms with E-state index in [1.165, 1.54) is 5.57 Å². The number of ketones is 1. The Balaban J connectivity index is 1.74. The predicted octanol–water partition coefficient (Wildman–Crippen LogP) is 4.54. The molecule has 1 aromatic rings. The third kappa shape index (κ3) is 3.62. The van der Waals surface area contributed by atoms with Gasteiger partial charge in [-0.15, -0.1) is 18.2 Å². The van der Waals surface area contributed by atoms with Crippen LogP contribution in [0.3, 0.4) is 0 Å². The van der Waals surface area contributed by atoms with Crippen LogP contribution in [0.2, 0.25) is 0 Å². The summed E-state index contributed by atoms with van der Waals surface area (Å²) in [6, 6.07) is 7.21. The van der Waals surface area contributed by atoms with E-state index in [-0.39, 0.29) is 5.38 Å². The molecule has 0 aromatic heterocycles. The quantitative estimate of drug-likeness (QED) is 0.312. The van der Waals surface area contributed by atoms with E-state index in [9.17, 15) is 9.59 Å². The molecule has 4 heteroatoms. The summed E-state index contributed by atoms with van der Waals surface area (Å²) >= 11 is 6.20. The molecule has 0 spiro atoms. The number of hydrogen-bond donors (Lipinski definition) is 0. The third-order valence-corrected chi connectivity index (χ3v) is 5.07. The number of allylic oxidation sites excluding steroid dienone is 5. The number of carbonyl (C=O) groups excluding carboxylic acids is 2. The molecule has 0 radical (unpaired) electrons. The molecule has 2 aliphatic rings. The number of carbonyl (C=O) groups is 2. The molecule has 130 valence electrons. The van der Waals surface area contributed by atoms with E-state index in [0.717, 1.165) is 18.5 Å². The smallest absolute Gasteiger partial charge is 0.299 e. The normalized spacial score (nSPS) is 23.9. The van der Waals surface area contributed by atoms with Gasteiger partial charge in [0.15, 0.2) is 0 Å². The molecule has 1 fully saturated rings. The maximum absolute atomic E-state index is 12.3. The van der Waals surface area contributed by atoms with E-state index in [1.807, 2.05) is 18.2 Å². The Morgan fingerprint density at radius 3 is 2.88 bits per heavy atom. The molecule has 1 amide bonds. The van der Waals surface area contributed by atoms with E-state index in [2.05, 4.69) is 25.7 Å². The lowest BCUT2D eigenvalue weighted by molar-refractivity contribution is -0.114. The molecule has 1 aromatic carbocycles. The lowest BCUT2D eigenvalue weighted by Crippen LogP contribution is -2.32. The third-order valence-electron chi connectivity index (χ3n) is 4.77. The molecule has 1 aliphatic heterocycles. The van der Waals surface area contributed by atoms with E-state index < -0.39 is 11.7 Å². The molecule has 1 aliphatic carbocycles. The second-order valence-corrected chi connectivity index (χ2v) is 7.03. The van der Waals surface area contributed by atoms with Crippen LogP contribution in [0.25, 0.3) is 0 Å². The van der Waals surface area contributed by atoms with Crippen molar-refractivity contribution in [3.63, 3.8) is 0 Å². The number of halogens is 1. The minimum atomic E-state index is -0.414. The van der Waals surface area contributed by atoms with Gasteiger partial charge in [-0.25, -0.2) is 0 Å². The van der Waals surface area contributed by atoms with Gasteiger partial charge < -0.3 is 4.90 Å². The topological polar surface area (TPSA) is 37.4 Å². The first-order valence-corrected chi connectivity index (χ1v) is 9.10. The number of rotatable bonds is 7. The Morgan fingerprint density at radius 1 is 1.40 bits per heavy atom. The van der Waals surface area contributed by atoms with Gasteiger partial charge in [-0.1, -0.05) is 43.4 Å². The number of para-hydroxylation sites is 1. The lowest BCUT2D eigenvalue weighted by Gasteiger charge is -2.16. The summed E-state index contributed by atoms with van der Waals surface area (Å²) in [5.74, 6) is -0.0891. The number of benzene rings is 1. The van der Waals surface area contributed by atoms with Crippen molar-refractivity contribution in [2.45, 2.75) is 25.1 Å². The molecule has 1 saturated carbocycles. The van der Waals surface area contributed by atoms with Gasteiger partial charge in [0, 0.05) is 6.54 Å². The summed E-state index contributed by atoms with van der Waals surface area (Å²) in [5.41, 5.74) is 2.44. The fraction of sp³-hybridized carbons (Fsp3) is 0.333. The van der Waals surface area contributed by atoms with E-state index >= 15 is 0 Å². The monoisotopic (exact) mass is 355 g/mol. The van der Waals surface area contributed by atoms with Crippen LogP contribution >= 0.6 is 11.6 Å². The van der Waals surface area contributed by atoms with Crippen LogP contribution in [0.4, 0.5) is 5.69 Å². The highest BCUT2D eigenvalue weighted by molar-refractivity contribution is 6.52. The van der Waals surface area contributed by atoms with Crippen LogP contribution in [0.5, 0.6) is 0 Å². The van der Waals surface area contributed by atoms with Crippen molar-refractivity contribution in [1.82, 2.24) is 0 Å². The van der Waals surface area contributed by atoms with Gasteiger partial charge in [0.2, 0.25) is 0 Å². The van der Waals surface area contributed by atoms with Crippen LogP contribution in [0.1, 0.15) is 30.1 Å². The molecule has 3 rings (SSSR count). The minimum absolute atomic E-state index is 0.200. The number of hydrogen-bond acceptors (Lipinski definition) is 2. The highest BCUT2D eigenvalue weighted by atomic mass is 35.5. The van der Waals surface area contributed by atoms with Crippen LogP contribution in [0, 0.1) is 11.8 Å². The van der Waals surface area contributed by atoms with Crippen LogP contribution in [-0.2, 0) is 4.79 Å². The Bertz CT molecular complexity index is 765. The van der Waals surface area contributed by atoms with E-state index in [4.69, 9.17) is 11.6 Å². The largest absolute Gasteiger partial charge is 0.304 e. The Hall–Kier alpha value is -2.13. The van der Waals surface area contributed by atoms with Gasteiger partial charge in [0.05, 0.1) is 16.6 Å². The number of fused-ring (bicyclic) bond motifs is 1. The zero-order valence-corrected chi connectivity index (χ0v) is 15.1. The van der Waals surface area contributed by atoms with Crippen molar-refractivity contribution >= 4 is 29.0 Å². The summed E-state index contributed by atoms with van der Waals surface area (Å²) < 4.78 is 0. The van der Waals surface area contributed by atoms with Crippen molar-refractivity contribution in [1.29, 1.82) is 0 Å². The fourth-order valence-electron chi connectivity index (χ4n) is 3.33. The fourth-order valence-corrected chi connectivity index (χ4v) is 3.48. The van der Waals surface area contributed by atoms with Crippen LogP contribution in [-0.4, -0.2) is 23.6 Å². The molecule has 1 heterocycles. The number of anilines is 1. The molecule has 3 nitrogen and oxygen atoms in total. The zero-order valence-electron chi connectivity index (χ0n) is 14.3. The molecular weight excluding hydrogens is 334 g/mol. The van der Waals surface area contributed by atoms with Crippen LogP contribution in [0.15, 0.2) is 60.7 Å². The van der Waals surface area contributed by atoms with Gasteiger partial charge in [0.25, 0.3) is 11.7 Å². The lowest BCUT2D eigenvalue weighted by atomic mass is 10.1. The second kappa shape index (κ2) is 7.40. The van der Waals surface area contributed by atoms with E-state index in [1.54, 1.807) is 23.1 Å². The summed E-state index contributed by atoms with van der Waals surface area (Å²) in [6.07, 6.45) is 9.93. The first-order chi connectivity index (χ1) is 12.1.